The predicted molar refractivity (Wildman–Crippen MR) is 38.8 cm³/mol. The van der Waals surface area contributed by atoms with Gasteiger partial charge in [0.25, 0.3) is 0 Å². The van der Waals surface area contributed by atoms with Crippen molar-refractivity contribution in [2.45, 2.75) is 13.3 Å². The molecule has 1 aromatic rings. The van der Waals surface area contributed by atoms with E-state index in [0.717, 1.165) is 11.7 Å². The summed E-state index contributed by atoms with van der Waals surface area (Å²) in [6.45, 7) is 6.28. The quantitative estimate of drug-likeness (QED) is 0.683. The van der Waals surface area contributed by atoms with E-state index in [2.05, 4.69) is 16.9 Å². The molecule has 0 saturated heterocycles. The summed E-state index contributed by atoms with van der Waals surface area (Å²) in [6, 6.07) is 0. The molecule has 3 nitrogen and oxygen atoms in total. The van der Waals surface area contributed by atoms with E-state index in [0.29, 0.717) is 13.0 Å². The summed E-state index contributed by atoms with van der Waals surface area (Å²) in [7, 11) is 0. The van der Waals surface area contributed by atoms with Crippen molar-refractivity contribution in [1.29, 1.82) is 0 Å². The van der Waals surface area contributed by atoms with Gasteiger partial charge in [0.15, 0.2) is 0 Å². The summed E-state index contributed by atoms with van der Waals surface area (Å²) in [5.74, 6) is 1.59. The molecule has 0 bridgehead atoms. The Labute approximate surface area is 60.4 Å². The summed E-state index contributed by atoms with van der Waals surface area (Å²) in [5.41, 5.74) is 0. The van der Waals surface area contributed by atoms with E-state index in [4.69, 9.17) is 4.74 Å². The number of H-pyrrole nitrogens is 1. The lowest BCUT2D eigenvalue weighted by atomic mass is 10.5. The maximum Gasteiger partial charge on any atom is 0.211 e. The van der Waals surface area contributed by atoms with Crippen LogP contribution in [0.1, 0.15) is 12.7 Å². The fourth-order valence-electron chi connectivity index (χ4n) is 0.699. The van der Waals surface area contributed by atoms with Gasteiger partial charge < -0.3 is 9.72 Å². The van der Waals surface area contributed by atoms with Gasteiger partial charge in [0.1, 0.15) is 5.82 Å². The molecule has 0 atom stereocenters. The number of hydrogen-bond donors (Lipinski definition) is 1. The Balaban J connectivity index is 2.59. The summed E-state index contributed by atoms with van der Waals surface area (Å²) in [6.07, 6.45) is 2.34. The van der Waals surface area contributed by atoms with E-state index >= 15 is 0 Å². The van der Waals surface area contributed by atoms with Crippen molar-refractivity contribution in [2.75, 3.05) is 6.61 Å². The summed E-state index contributed by atoms with van der Waals surface area (Å²) in [4.78, 5) is 6.98. The van der Waals surface area contributed by atoms with Crippen molar-refractivity contribution in [3.05, 3.63) is 18.9 Å². The second kappa shape index (κ2) is 3.25. The Hall–Kier alpha value is -0.990. The van der Waals surface area contributed by atoms with Crippen molar-refractivity contribution < 1.29 is 4.74 Å². The highest BCUT2D eigenvalue weighted by Gasteiger charge is 1.95. The minimum Gasteiger partial charge on any atom is -0.478 e. The Morgan fingerprint density at radius 3 is 3.10 bits per heavy atom. The molecule has 0 unspecified atom stereocenters. The maximum atomic E-state index is 5.14. The number of hydrogen-bond acceptors (Lipinski definition) is 2. The first-order valence-electron chi connectivity index (χ1n) is 3.32. The number of imidazole rings is 1. The fourth-order valence-corrected chi connectivity index (χ4v) is 0.699. The number of nitrogens with one attached hydrogen (secondary N) is 1. The highest BCUT2D eigenvalue weighted by Crippen LogP contribution is 2.05. The Morgan fingerprint density at radius 2 is 2.60 bits per heavy atom. The van der Waals surface area contributed by atoms with Crippen molar-refractivity contribution in [1.82, 2.24) is 9.97 Å². The van der Waals surface area contributed by atoms with Gasteiger partial charge in [-0.1, -0.05) is 0 Å². The van der Waals surface area contributed by atoms with Crippen LogP contribution in [-0.2, 0) is 6.42 Å². The third kappa shape index (κ3) is 1.50. The molecule has 55 valence electrons. The molecule has 0 amide bonds. The molecule has 1 rings (SSSR count). The molecule has 10 heavy (non-hydrogen) atoms. The first-order chi connectivity index (χ1) is 4.86. The third-order valence-corrected chi connectivity index (χ3v) is 1.14. The molecule has 0 aliphatic carbocycles. The molecule has 0 spiro atoms. The van der Waals surface area contributed by atoms with Gasteiger partial charge in [-0.3, -0.25) is 0 Å². The molecule has 1 radical (unpaired) electrons. The van der Waals surface area contributed by atoms with E-state index in [9.17, 15) is 0 Å². The van der Waals surface area contributed by atoms with Crippen LogP contribution in [0.3, 0.4) is 0 Å². The van der Waals surface area contributed by atoms with E-state index in [1.165, 1.54) is 0 Å². The van der Waals surface area contributed by atoms with Gasteiger partial charge in [0.05, 0.1) is 12.8 Å². The number of rotatable bonds is 3. The number of aromatic nitrogens is 2. The van der Waals surface area contributed by atoms with Gasteiger partial charge in [0.2, 0.25) is 5.88 Å². The van der Waals surface area contributed by atoms with Crippen LogP contribution in [0, 0.1) is 6.92 Å². The standard InChI is InChI=1S/C7H11N2O/c1-3-6-8-5-7(9-6)10-4-2/h5H,1,3-4H2,2H3,(H,8,9). The van der Waals surface area contributed by atoms with Crippen LogP contribution in [0.25, 0.3) is 0 Å². The first kappa shape index (κ1) is 7.12. The third-order valence-electron chi connectivity index (χ3n) is 1.14. The van der Waals surface area contributed by atoms with Crippen molar-refractivity contribution in [2.24, 2.45) is 0 Å². The van der Waals surface area contributed by atoms with Crippen LogP contribution >= 0.6 is 0 Å². The van der Waals surface area contributed by atoms with E-state index < -0.39 is 0 Å². The summed E-state index contributed by atoms with van der Waals surface area (Å²) in [5, 5.41) is 0. The van der Waals surface area contributed by atoms with Crippen LogP contribution in [0.4, 0.5) is 0 Å². The smallest absolute Gasteiger partial charge is 0.211 e. The van der Waals surface area contributed by atoms with E-state index in [-0.39, 0.29) is 0 Å². The highest BCUT2D eigenvalue weighted by molar-refractivity contribution is 5.07. The summed E-state index contributed by atoms with van der Waals surface area (Å²) >= 11 is 0. The van der Waals surface area contributed by atoms with Gasteiger partial charge in [-0.25, -0.2) is 4.98 Å². The van der Waals surface area contributed by atoms with Crippen molar-refractivity contribution in [3.63, 3.8) is 0 Å². The molecule has 1 heterocycles. The topological polar surface area (TPSA) is 37.9 Å². The highest BCUT2D eigenvalue weighted by atomic mass is 16.5. The fraction of sp³-hybridized carbons (Fsp3) is 0.429. The molecule has 0 aliphatic heterocycles. The number of aromatic amines is 1. The van der Waals surface area contributed by atoms with Crippen LogP contribution in [0.2, 0.25) is 0 Å². The summed E-state index contributed by atoms with van der Waals surface area (Å²) < 4.78 is 5.14. The maximum absolute atomic E-state index is 5.14. The van der Waals surface area contributed by atoms with Crippen LogP contribution in [-0.4, -0.2) is 16.6 Å². The Morgan fingerprint density at radius 1 is 1.80 bits per heavy atom. The van der Waals surface area contributed by atoms with Gasteiger partial charge in [-0.05, 0) is 13.8 Å². The van der Waals surface area contributed by atoms with Gasteiger partial charge in [0, 0.05) is 6.42 Å². The van der Waals surface area contributed by atoms with Crippen LogP contribution in [0.5, 0.6) is 5.88 Å². The molecular formula is C7H11N2O. The molecule has 1 N–H and O–H groups in total. The molecule has 0 aromatic carbocycles. The second-order valence-corrected chi connectivity index (χ2v) is 1.88. The largest absolute Gasteiger partial charge is 0.478 e. The molecule has 0 saturated carbocycles. The Kier molecular flexibility index (Phi) is 2.31. The minimum atomic E-state index is 0.665. The average molecular weight is 139 g/mol. The number of ether oxygens (including phenoxy) is 1. The zero-order chi connectivity index (χ0) is 7.40. The molecule has 1 aromatic heterocycles. The zero-order valence-electron chi connectivity index (χ0n) is 6.05. The second-order valence-electron chi connectivity index (χ2n) is 1.88. The zero-order valence-corrected chi connectivity index (χ0v) is 6.05. The van der Waals surface area contributed by atoms with Gasteiger partial charge in [-0.15, -0.1) is 0 Å². The number of nitrogens with zero attached hydrogens (tertiary/aromatic N) is 1. The van der Waals surface area contributed by atoms with Gasteiger partial charge >= 0.3 is 0 Å². The lowest BCUT2D eigenvalue weighted by Gasteiger charge is -1.94. The lowest BCUT2D eigenvalue weighted by molar-refractivity contribution is 0.328. The van der Waals surface area contributed by atoms with Crippen LogP contribution < -0.4 is 4.74 Å². The molecule has 0 aliphatic rings. The van der Waals surface area contributed by atoms with Crippen molar-refractivity contribution in [3.8, 4) is 5.88 Å². The molecule has 0 fully saturated rings. The van der Waals surface area contributed by atoms with E-state index in [1.807, 2.05) is 6.92 Å². The predicted octanol–water partition coefficient (Wildman–Crippen LogP) is 1.18. The normalized spacial score (nSPS) is 9.80. The SMILES string of the molecule is [CH2]Cc1ncc(OCC)[nH]1. The Bertz CT molecular complexity index is 195. The molecular weight excluding hydrogens is 128 g/mol. The van der Waals surface area contributed by atoms with Crippen molar-refractivity contribution >= 4 is 0 Å². The van der Waals surface area contributed by atoms with Crippen LogP contribution in [0.15, 0.2) is 6.20 Å². The average Bonchev–Trinajstić information content (AvgIpc) is 2.37. The van der Waals surface area contributed by atoms with Gasteiger partial charge in [-0.2, -0.15) is 0 Å². The minimum absolute atomic E-state index is 0.665. The monoisotopic (exact) mass is 139 g/mol. The lowest BCUT2D eigenvalue weighted by Crippen LogP contribution is -1.91. The van der Waals surface area contributed by atoms with E-state index in [1.54, 1.807) is 6.20 Å². The molecule has 3 heteroatoms. The first-order valence-corrected chi connectivity index (χ1v) is 3.32.